The first-order chi connectivity index (χ1) is 13.2. The average molecular weight is 381 g/mol. The molecule has 0 radical (unpaired) electrons. The molecule has 3 aromatic rings. The lowest BCUT2D eigenvalue weighted by molar-refractivity contribution is -0.123. The molecular weight excluding hydrogens is 360 g/mol. The number of nitrogens with one attached hydrogen (secondary N) is 1. The molecule has 6 heteroatoms. The summed E-state index contributed by atoms with van der Waals surface area (Å²) in [5.74, 6) is 1.39. The topological polar surface area (TPSA) is 59.8 Å². The molecule has 2 heterocycles. The standard InChI is InChI=1S/C21H21ClN4O/c22-17-10-8-15(9-11-17)12-13-23-21(27)18-7-4-14-26-19(24-25-20(18)26)16-5-2-1-3-6-16/h1-3,5-6,8-11,18H,4,7,12-14H2,(H,23,27). The van der Waals surface area contributed by atoms with E-state index in [0.29, 0.717) is 6.54 Å². The van der Waals surface area contributed by atoms with Crippen LogP contribution in [-0.2, 0) is 17.8 Å². The van der Waals surface area contributed by atoms with E-state index in [0.717, 1.165) is 53.6 Å². The minimum atomic E-state index is -0.242. The summed E-state index contributed by atoms with van der Waals surface area (Å²) >= 11 is 5.91. The highest BCUT2D eigenvalue weighted by Crippen LogP contribution is 2.30. The molecule has 0 saturated heterocycles. The fourth-order valence-electron chi connectivity index (χ4n) is 3.53. The van der Waals surface area contributed by atoms with E-state index in [1.807, 2.05) is 54.6 Å². The smallest absolute Gasteiger partial charge is 0.230 e. The second-order valence-corrected chi connectivity index (χ2v) is 7.20. The molecule has 1 N–H and O–H groups in total. The van der Waals surface area contributed by atoms with Gasteiger partial charge in [0, 0.05) is 23.7 Å². The Morgan fingerprint density at radius 1 is 1.11 bits per heavy atom. The van der Waals surface area contributed by atoms with Crippen LogP contribution in [0.15, 0.2) is 54.6 Å². The molecule has 0 fully saturated rings. The van der Waals surface area contributed by atoms with E-state index in [4.69, 9.17) is 11.6 Å². The van der Waals surface area contributed by atoms with Crippen LogP contribution in [0, 0.1) is 0 Å². The molecular formula is C21H21ClN4O. The molecule has 1 aliphatic heterocycles. The van der Waals surface area contributed by atoms with Crippen molar-refractivity contribution in [3.05, 3.63) is 71.0 Å². The molecule has 0 bridgehead atoms. The zero-order chi connectivity index (χ0) is 18.6. The van der Waals surface area contributed by atoms with E-state index in [1.165, 1.54) is 0 Å². The van der Waals surface area contributed by atoms with Crippen LogP contribution >= 0.6 is 11.6 Å². The first kappa shape index (κ1) is 17.7. The zero-order valence-corrected chi connectivity index (χ0v) is 15.7. The summed E-state index contributed by atoms with van der Waals surface area (Å²) in [6, 6.07) is 17.7. The largest absolute Gasteiger partial charge is 0.355 e. The molecule has 1 aromatic heterocycles. The quantitative estimate of drug-likeness (QED) is 0.731. The lowest BCUT2D eigenvalue weighted by atomic mass is 9.97. The summed E-state index contributed by atoms with van der Waals surface area (Å²) in [7, 11) is 0. The van der Waals surface area contributed by atoms with E-state index < -0.39 is 0 Å². The van der Waals surface area contributed by atoms with Crippen molar-refractivity contribution < 1.29 is 4.79 Å². The van der Waals surface area contributed by atoms with Crippen LogP contribution in [0.4, 0.5) is 0 Å². The van der Waals surface area contributed by atoms with Gasteiger partial charge >= 0.3 is 0 Å². The number of amides is 1. The molecule has 4 rings (SSSR count). The van der Waals surface area contributed by atoms with Gasteiger partial charge < -0.3 is 9.88 Å². The predicted octanol–water partition coefficient (Wildman–Crippen LogP) is 3.83. The SMILES string of the molecule is O=C(NCCc1ccc(Cl)cc1)C1CCCn2c(-c3ccccc3)nnc21. The van der Waals surface area contributed by atoms with Crippen molar-refractivity contribution in [2.24, 2.45) is 0 Å². The molecule has 5 nitrogen and oxygen atoms in total. The number of carbonyl (C=O) groups excluding carboxylic acids is 1. The predicted molar refractivity (Wildman–Crippen MR) is 106 cm³/mol. The maximum atomic E-state index is 12.7. The monoisotopic (exact) mass is 380 g/mol. The third kappa shape index (κ3) is 3.88. The fraction of sp³-hybridized carbons (Fsp3) is 0.286. The second-order valence-electron chi connectivity index (χ2n) is 6.76. The van der Waals surface area contributed by atoms with E-state index in [-0.39, 0.29) is 11.8 Å². The van der Waals surface area contributed by atoms with Gasteiger partial charge in [-0.3, -0.25) is 4.79 Å². The zero-order valence-electron chi connectivity index (χ0n) is 14.9. The van der Waals surface area contributed by atoms with E-state index in [9.17, 15) is 4.79 Å². The van der Waals surface area contributed by atoms with Crippen LogP contribution < -0.4 is 5.32 Å². The minimum Gasteiger partial charge on any atom is -0.355 e. The number of hydrogen-bond acceptors (Lipinski definition) is 3. The lowest BCUT2D eigenvalue weighted by Crippen LogP contribution is -2.34. The number of aromatic nitrogens is 3. The summed E-state index contributed by atoms with van der Waals surface area (Å²) in [5, 5.41) is 12.5. The van der Waals surface area contributed by atoms with Crippen LogP contribution in [0.25, 0.3) is 11.4 Å². The van der Waals surface area contributed by atoms with Crippen molar-refractivity contribution in [3.63, 3.8) is 0 Å². The molecule has 0 saturated carbocycles. The van der Waals surface area contributed by atoms with E-state index in [2.05, 4.69) is 20.1 Å². The Hall–Kier alpha value is -2.66. The Labute approximate surface area is 163 Å². The van der Waals surface area contributed by atoms with Gasteiger partial charge in [-0.2, -0.15) is 0 Å². The van der Waals surface area contributed by atoms with Crippen LogP contribution in [0.1, 0.15) is 30.1 Å². The summed E-state index contributed by atoms with van der Waals surface area (Å²) in [6.45, 7) is 1.44. The first-order valence-electron chi connectivity index (χ1n) is 9.23. The number of nitrogens with zero attached hydrogens (tertiary/aromatic N) is 3. The van der Waals surface area contributed by atoms with Crippen LogP contribution in [0.3, 0.4) is 0 Å². The van der Waals surface area contributed by atoms with Crippen LogP contribution in [0.5, 0.6) is 0 Å². The van der Waals surface area contributed by atoms with E-state index >= 15 is 0 Å². The Morgan fingerprint density at radius 2 is 1.89 bits per heavy atom. The number of carbonyl (C=O) groups is 1. The Balaban J connectivity index is 1.44. The van der Waals surface area contributed by atoms with Crippen molar-refractivity contribution in [3.8, 4) is 11.4 Å². The van der Waals surface area contributed by atoms with Gasteiger partial charge in [-0.1, -0.05) is 54.1 Å². The molecule has 1 unspecified atom stereocenters. The average Bonchev–Trinajstić information content (AvgIpc) is 3.14. The normalized spacial score (nSPS) is 16.0. The number of hydrogen-bond donors (Lipinski definition) is 1. The summed E-state index contributed by atoms with van der Waals surface area (Å²) in [4.78, 5) is 12.7. The van der Waals surface area contributed by atoms with Gasteiger partial charge in [-0.05, 0) is 37.0 Å². The summed E-state index contributed by atoms with van der Waals surface area (Å²) < 4.78 is 2.09. The summed E-state index contributed by atoms with van der Waals surface area (Å²) in [5.41, 5.74) is 2.18. The number of halogens is 1. The molecule has 1 aliphatic rings. The molecule has 1 atom stereocenters. The Morgan fingerprint density at radius 3 is 2.67 bits per heavy atom. The maximum absolute atomic E-state index is 12.7. The summed E-state index contributed by atoms with van der Waals surface area (Å²) in [6.07, 6.45) is 2.53. The van der Waals surface area contributed by atoms with Crippen molar-refractivity contribution in [1.82, 2.24) is 20.1 Å². The fourth-order valence-corrected chi connectivity index (χ4v) is 3.66. The molecule has 138 valence electrons. The van der Waals surface area contributed by atoms with E-state index in [1.54, 1.807) is 0 Å². The lowest BCUT2D eigenvalue weighted by Gasteiger charge is -2.23. The number of fused-ring (bicyclic) bond motifs is 1. The third-order valence-corrected chi connectivity index (χ3v) is 5.19. The number of rotatable bonds is 5. The minimum absolute atomic E-state index is 0.0249. The van der Waals surface area contributed by atoms with Gasteiger partial charge in [-0.15, -0.1) is 10.2 Å². The first-order valence-corrected chi connectivity index (χ1v) is 9.61. The van der Waals surface area contributed by atoms with Gasteiger partial charge in [0.25, 0.3) is 0 Å². The van der Waals surface area contributed by atoms with Gasteiger partial charge in [0.1, 0.15) is 5.82 Å². The third-order valence-electron chi connectivity index (χ3n) is 4.94. The van der Waals surface area contributed by atoms with Crippen molar-refractivity contribution in [2.45, 2.75) is 31.7 Å². The maximum Gasteiger partial charge on any atom is 0.230 e. The van der Waals surface area contributed by atoms with Crippen molar-refractivity contribution in [2.75, 3.05) is 6.54 Å². The highest BCUT2D eigenvalue weighted by Gasteiger charge is 2.30. The van der Waals surface area contributed by atoms with Crippen molar-refractivity contribution in [1.29, 1.82) is 0 Å². The molecule has 2 aromatic carbocycles. The van der Waals surface area contributed by atoms with Gasteiger partial charge in [0.05, 0.1) is 5.92 Å². The van der Waals surface area contributed by atoms with Crippen molar-refractivity contribution >= 4 is 17.5 Å². The Bertz CT molecular complexity index is 921. The molecule has 0 aliphatic carbocycles. The highest BCUT2D eigenvalue weighted by atomic mass is 35.5. The van der Waals surface area contributed by atoms with Gasteiger partial charge in [0.2, 0.25) is 5.91 Å². The second kappa shape index (κ2) is 7.92. The number of benzene rings is 2. The molecule has 27 heavy (non-hydrogen) atoms. The Kier molecular flexibility index (Phi) is 5.21. The molecule has 1 amide bonds. The highest BCUT2D eigenvalue weighted by molar-refractivity contribution is 6.30. The molecule has 0 spiro atoms. The van der Waals surface area contributed by atoms with Gasteiger partial charge in [0.15, 0.2) is 5.82 Å². The van der Waals surface area contributed by atoms with Gasteiger partial charge in [-0.25, -0.2) is 0 Å². The van der Waals surface area contributed by atoms with Crippen LogP contribution in [-0.4, -0.2) is 27.2 Å². The van der Waals surface area contributed by atoms with Crippen LogP contribution in [0.2, 0.25) is 5.02 Å².